The number of carbonyl (C=O) groups is 2. The first-order valence-electron chi connectivity index (χ1n) is 11.7. The molecule has 2 aliphatic heterocycles. The molecule has 5 rings (SSSR count). The van der Waals surface area contributed by atoms with Gasteiger partial charge in [-0.15, -0.1) is 0 Å². The van der Waals surface area contributed by atoms with Crippen LogP contribution in [0.15, 0.2) is 18.2 Å². The monoisotopic (exact) mass is 412 g/mol. The Bertz CT molecular complexity index is 803. The summed E-state index contributed by atoms with van der Waals surface area (Å²) < 4.78 is 11.1. The van der Waals surface area contributed by atoms with E-state index >= 15 is 0 Å². The van der Waals surface area contributed by atoms with Crippen LogP contribution in [0.25, 0.3) is 0 Å². The maximum atomic E-state index is 13.9. The van der Waals surface area contributed by atoms with Gasteiger partial charge in [0.1, 0.15) is 0 Å². The Morgan fingerprint density at radius 2 is 1.50 bits per heavy atom. The van der Waals surface area contributed by atoms with E-state index < -0.39 is 5.41 Å². The smallest absolute Gasteiger partial charge is 0.233 e. The first-order chi connectivity index (χ1) is 14.7. The molecule has 0 atom stereocenters. The molecular weight excluding hydrogens is 380 g/mol. The van der Waals surface area contributed by atoms with Crippen LogP contribution in [0.3, 0.4) is 0 Å². The Morgan fingerprint density at radius 1 is 0.833 bits per heavy atom. The second-order valence-electron chi connectivity index (χ2n) is 9.31. The van der Waals surface area contributed by atoms with Crippen molar-refractivity contribution in [1.29, 1.82) is 0 Å². The lowest BCUT2D eigenvalue weighted by molar-refractivity contribution is -0.146. The van der Waals surface area contributed by atoms with Crippen molar-refractivity contribution in [3.8, 4) is 11.5 Å². The van der Waals surface area contributed by atoms with E-state index in [4.69, 9.17) is 9.47 Å². The van der Waals surface area contributed by atoms with Crippen molar-refractivity contribution in [3.63, 3.8) is 0 Å². The van der Waals surface area contributed by atoms with E-state index in [1.807, 2.05) is 21.9 Å². The van der Waals surface area contributed by atoms with Crippen LogP contribution in [0.5, 0.6) is 11.5 Å². The van der Waals surface area contributed by atoms with Crippen molar-refractivity contribution in [1.82, 2.24) is 9.80 Å². The second-order valence-corrected chi connectivity index (χ2v) is 9.31. The minimum atomic E-state index is -0.475. The molecule has 2 saturated carbocycles. The number of ether oxygens (including phenoxy) is 2. The standard InChI is InChI=1S/C24H32N2O4/c27-22(18-6-2-3-7-18)25-12-14-26(15-13-25)23(28)24(10-4-1-5-11-24)19-8-9-20-21(16-19)30-17-29-20/h8-9,16,18H,1-7,10-15,17H2. The van der Waals surface area contributed by atoms with Crippen LogP contribution in [0.4, 0.5) is 0 Å². The van der Waals surface area contributed by atoms with E-state index in [1.165, 1.54) is 19.3 Å². The molecule has 162 valence electrons. The number of nitrogens with zero attached hydrogens (tertiary/aromatic N) is 2. The lowest BCUT2D eigenvalue weighted by atomic mass is 9.68. The van der Waals surface area contributed by atoms with E-state index in [1.54, 1.807) is 0 Å². The number of hydrogen-bond donors (Lipinski definition) is 0. The first kappa shape index (κ1) is 19.7. The minimum absolute atomic E-state index is 0.213. The van der Waals surface area contributed by atoms with Crippen molar-refractivity contribution >= 4 is 11.8 Å². The fraction of sp³-hybridized carbons (Fsp3) is 0.667. The summed E-state index contributed by atoms with van der Waals surface area (Å²) in [6.07, 6.45) is 9.50. The predicted molar refractivity (Wildman–Crippen MR) is 112 cm³/mol. The molecule has 4 aliphatic rings. The fourth-order valence-corrected chi connectivity index (χ4v) is 5.84. The zero-order chi connectivity index (χ0) is 20.6. The molecule has 0 aromatic heterocycles. The topological polar surface area (TPSA) is 59.1 Å². The molecule has 1 saturated heterocycles. The van der Waals surface area contributed by atoms with Gasteiger partial charge in [-0.1, -0.05) is 38.2 Å². The number of fused-ring (bicyclic) bond motifs is 1. The number of rotatable bonds is 3. The van der Waals surface area contributed by atoms with Crippen molar-refractivity contribution < 1.29 is 19.1 Å². The summed E-state index contributed by atoms with van der Waals surface area (Å²) in [7, 11) is 0. The van der Waals surface area contributed by atoms with E-state index in [2.05, 4.69) is 6.07 Å². The maximum Gasteiger partial charge on any atom is 0.233 e. The molecular formula is C24H32N2O4. The predicted octanol–water partition coefficient (Wildman–Crippen LogP) is 3.48. The van der Waals surface area contributed by atoms with Gasteiger partial charge in [0.2, 0.25) is 18.6 Å². The molecule has 2 amide bonds. The van der Waals surface area contributed by atoms with Crippen LogP contribution in [-0.2, 0) is 15.0 Å². The van der Waals surface area contributed by atoms with Gasteiger partial charge in [-0.3, -0.25) is 9.59 Å². The van der Waals surface area contributed by atoms with Crippen LogP contribution in [0.1, 0.15) is 63.4 Å². The highest BCUT2D eigenvalue weighted by Crippen LogP contribution is 2.44. The summed E-state index contributed by atoms with van der Waals surface area (Å²) >= 11 is 0. The quantitative estimate of drug-likeness (QED) is 0.763. The van der Waals surface area contributed by atoms with Crippen molar-refractivity contribution in [2.75, 3.05) is 33.0 Å². The molecule has 6 heteroatoms. The third kappa shape index (κ3) is 3.44. The molecule has 1 aromatic rings. The Hall–Kier alpha value is -2.24. The molecule has 0 N–H and O–H groups in total. The molecule has 3 fully saturated rings. The Kier molecular flexibility index (Phi) is 5.34. The summed E-state index contributed by atoms with van der Waals surface area (Å²) in [6, 6.07) is 6.02. The Balaban J connectivity index is 1.32. The van der Waals surface area contributed by atoms with Crippen LogP contribution in [0.2, 0.25) is 0 Å². The van der Waals surface area contributed by atoms with Gasteiger partial charge in [0.25, 0.3) is 0 Å². The largest absolute Gasteiger partial charge is 0.454 e. The number of hydrogen-bond acceptors (Lipinski definition) is 4. The lowest BCUT2D eigenvalue weighted by Gasteiger charge is -2.43. The van der Waals surface area contributed by atoms with Crippen molar-refractivity contribution in [2.45, 2.75) is 63.2 Å². The summed E-state index contributed by atoms with van der Waals surface area (Å²) in [5.74, 6) is 2.26. The van der Waals surface area contributed by atoms with Gasteiger partial charge in [-0.05, 0) is 43.4 Å². The molecule has 0 unspecified atom stereocenters. The van der Waals surface area contributed by atoms with Crippen LogP contribution >= 0.6 is 0 Å². The van der Waals surface area contributed by atoms with Gasteiger partial charge in [0.15, 0.2) is 11.5 Å². The summed E-state index contributed by atoms with van der Waals surface area (Å²) in [4.78, 5) is 30.6. The van der Waals surface area contributed by atoms with E-state index in [0.717, 1.165) is 55.6 Å². The lowest BCUT2D eigenvalue weighted by Crippen LogP contribution is -2.56. The van der Waals surface area contributed by atoms with Gasteiger partial charge < -0.3 is 19.3 Å². The van der Waals surface area contributed by atoms with Gasteiger partial charge >= 0.3 is 0 Å². The molecule has 0 spiro atoms. The highest BCUT2D eigenvalue weighted by atomic mass is 16.7. The number of amides is 2. The van der Waals surface area contributed by atoms with Crippen LogP contribution in [0, 0.1) is 5.92 Å². The number of carbonyl (C=O) groups excluding carboxylic acids is 2. The van der Waals surface area contributed by atoms with Gasteiger partial charge in [-0.25, -0.2) is 0 Å². The third-order valence-electron chi connectivity index (χ3n) is 7.62. The first-order valence-corrected chi connectivity index (χ1v) is 11.7. The van der Waals surface area contributed by atoms with Crippen molar-refractivity contribution in [2.24, 2.45) is 5.92 Å². The van der Waals surface area contributed by atoms with Gasteiger partial charge in [0.05, 0.1) is 5.41 Å². The average molecular weight is 413 g/mol. The molecule has 2 heterocycles. The van der Waals surface area contributed by atoms with Crippen LogP contribution < -0.4 is 9.47 Å². The molecule has 1 aromatic carbocycles. The zero-order valence-electron chi connectivity index (χ0n) is 17.7. The molecule has 2 aliphatic carbocycles. The molecule has 6 nitrogen and oxygen atoms in total. The minimum Gasteiger partial charge on any atom is -0.454 e. The molecule has 0 bridgehead atoms. The SMILES string of the molecule is O=C(C1CCCC1)N1CCN(C(=O)C2(c3ccc4c(c3)OCO4)CCCCC2)CC1. The highest BCUT2D eigenvalue weighted by molar-refractivity contribution is 5.89. The fourth-order valence-electron chi connectivity index (χ4n) is 5.84. The highest BCUT2D eigenvalue weighted by Gasteiger charge is 2.45. The summed E-state index contributed by atoms with van der Waals surface area (Å²) in [5.41, 5.74) is 0.581. The van der Waals surface area contributed by atoms with Crippen LogP contribution in [-0.4, -0.2) is 54.6 Å². The summed E-state index contributed by atoms with van der Waals surface area (Å²) in [5, 5.41) is 0. The summed E-state index contributed by atoms with van der Waals surface area (Å²) in [6.45, 7) is 2.86. The normalized spacial score (nSPS) is 23.6. The second kappa shape index (κ2) is 8.12. The van der Waals surface area contributed by atoms with Gasteiger partial charge in [-0.2, -0.15) is 0 Å². The third-order valence-corrected chi connectivity index (χ3v) is 7.62. The average Bonchev–Trinajstić information content (AvgIpc) is 3.50. The number of benzene rings is 1. The van der Waals surface area contributed by atoms with Gasteiger partial charge in [0, 0.05) is 32.1 Å². The van der Waals surface area contributed by atoms with E-state index in [9.17, 15) is 9.59 Å². The molecule has 30 heavy (non-hydrogen) atoms. The zero-order valence-corrected chi connectivity index (χ0v) is 17.7. The Labute approximate surface area is 178 Å². The Morgan fingerprint density at radius 3 is 2.23 bits per heavy atom. The molecule has 0 radical (unpaired) electrons. The maximum absolute atomic E-state index is 13.9. The van der Waals surface area contributed by atoms with E-state index in [-0.39, 0.29) is 18.6 Å². The van der Waals surface area contributed by atoms with E-state index in [0.29, 0.717) is 32.1 Å². The number of piperazine rings is 1. The van der Waals surface area contributed by atoms with Crippen molar-refractivity contribution in [3.05, 3.63) is 23.8 Å².